The molecule has 1 atom stereocenters. The fourth-order valence-corrected chi connectivity index (χ4v) is 3.37. The van der Waals surface area contributed by atoms with Gasteiger partial charge in [-0.25, -0.2) is 0 Å². The molecule has 2 N–H and O–H groups in total. The van der Waals surface area contributed by atoms with Crippen molar-refractivity contribution in [1.29, 1.82) is 0 Å². The maximum Gasteiger partial charge on any atom is 0.161 e. The van der Waals surface area contributed by atoms with Crippen molar-refractivity contribution in [2.45, 2.75) is 31.9 Å². The first-order chi connectivity index (χ1) is 11.7. The van der Waals surface area contributed by atoms with E-state index >= 15 is 0 Å². The van der Waals surface area contributed by atoms with Gasteiger partial charge < -0.3 is 19.9 Å². The van der Waals surface area contributed by atoms with Crippen LogP contribution in [-0.4, -0.2) is 25.4 Å². The fraction of sp³-hybridized carbons (Fsp3) is 0.400. The van der Waals surface area contributed by atoms with E-state index in [0.29, 0.717) is 19.7 Å². The number of aryl methyl sites for hydroxylation is 1. The average molecular weight is 327 g/mol. The molecule has 0 saturated carbocycles. The van der Waals surface area contributed by atoms with Gasteiger partial charge in [-0.1, -0.05) is 30.3 Å². The molecule has 0 bridgehead atoms. The minimum absolute atomic E-state index is 0.542. The number of methoxy groups -OCH3 is 1. The minimum Gasteiger partial charge on any atom is -0.493 e. The standard InChI is InChI=1S/C20H25NO3/c1-3-24-19-12-15(8-9-18(19)23-2)13-21-14-20(22)11-10-16-6-4-5-7-17(16)20/h4-9,12,21-22H,3,10-11,13-14H2,1-2H3. The zero-order valence-corrected chi connectivity index (χ0v) is 14.3. The third-order valence-corrected chi connectivity index (χ3v) is 4.60. The van der Waals surface area contributed by atoms with Crippen molar-refractivity contribution in [3.63, 3.8) is 0 Å². The van der Waals surface area contributed by atoms with E-state index < -0.39 is 5.60 Å². The largest absolute Gasteiger partial charge is 0.493 e. The molecule has 0 saturated heterocycles. The molecule has 0 spiro atoms. The van der Waals surface area contributed by atoms with Crippen molar-refractivity contribution >= 4 is 0 Å². The lowest BCUT2D eigenvalue weighted by molar-refractivity contribution is 0.0384. The van der Waals surface area contributed by atoms with Gasteiger partial charge in [0.1, 0.15) is 5.60 Å². The van der Waals surface area contributed by atoms with Gasteiger partial charge in [0.05, 0.1) is 13.7 Å². The Morgan fingerprint density at radius 3 is 2.79 bits per heavy atom. The van der Waals surface area contributed by atoms with E-state index in [0.717, 1.165) is 35.5 Å². The van der Waals surface area contributed by atoms with Crippen LogP contribution in [0.1, 0.15) is 30.0 Å². The molecule has 0 aliphatic heterocycles. The summed E-state index contributed by atoms with van der Waals surface area (Å²) in [5.74, 6) is 1.49. The van der Waals surface area contributed by atoms with E-state index in [9.17, 15) is 5.11 Å². The van der Waals surface area contributed by atoms with Gasteiger partial charge in [0.25, 0.3) is 0 Å². The minimum atomic E-state index is -0.772. The second-order valence-corrected chi connectivity index (χ2v) is 6.21. The number of benzene rings is 2. The second kappa shape index (κ2) is 7.24. The highest BCUT2D eigenvalue weighted by Gasteiger charge is 2.35. The van der Waals surface area contributed by atoms with E-state index in [4.69, 9.17) is 9.47 Å². The summed E-state index contributed by atoms with van der Waals surface area (Å²) in [6.45, 7) is 3.77. The van der Waals surface area contributed by atoms with E-state index in [2.05, 4.69) is 11.4 Å². The first kappa shape index (κ1) is 16.8. The molecule has 1 aliphatic rings. The maximum atomic E-state index is 10.9. The summed E-state index contributed by atoms with van der Waals surface area (Å²) in [6, 6.07) is 14.1. The van der Waals surface area contributed by atoms with Crippen LogP contribution in [-0.2, 0) is 18.6 Å². The molecule has 2 aromatic rings. The Balaban J connectivity index is 1.64. The van der Waals surface area contributed by atoms with Crippen molar-refractivity contribution < 1.29 is 14.6 Å². The summed E-state index contributed by atoms with van der Waals surface area (Å²) in [6.07, 6.45) is 1.71. The molecule has 0 aromatic heterocycles. The Labute approximate surface area is 143 Å². The maximum absolute atomic E-state index is 10.9. The first-order valence-corrected chi connectivity index (χ1v) is 8.47. The summed E-state index contributed by atoms with van der Waals surface area (Å²) in [5.41, 5.74) is 2.65. The van der Waals surface area contributed by atoms with E-state index in [1.165, 1.54) is 5.56 Å². The van der Waals surface area contributed by atoms with Crippen molar-refractivity contribution in [3.05, 3.63) is 59.2 Å². The molecular weight excluding hydrogens is 302 g/mol. The van der Waals surface area contributed by atoms with E-state index in [-0.39, 0.29) is 0 Å². The predicted octanol–water partition coefficient (Wildman–Crippen LogP) is 3.02. The molecule has 4 heteroatoms. The summed E-state index contributed by atoms with van der Waals surface area (Å²) >= 11 is 0. The van der Waals surface area contributed by atoms with Crippen LogP contribution in [0.15, 0.2) is 42.5 Å². The van der Waals surface area contributed by atoms with Gasteiger partial charge in [-0.05, 0) is 48.6 Å². The molecule has 3 rings (SSSR count). The van der Waals surface area contributed by atoms with Crippen LogP contribution in [0.5, 0.6) is 11.5 Å². The van der Waals surface area contributed by atoms with E-state index in [1.54, 1.807) is 7.11 Å². The smallest absolute Gasteiger partial charge is 0.161 e. The van der Waals surface area contributed by atoms with Crippen molar-refractivity contribution in [2.75, 3.05) is 20.3 Å². The summed E-state index contributed by atoms with van der Waals surface area (Å²) in [5, 5.41) is 14.3. The van der Waals surface area contributed by atoms with Crippen LogP contribution in [0.2, 0.25) is 0 Å². The number of hydrogen-bond acceptors (Lipinski definition) is 4. The molecule has 0 amide bonds. The third kappa shape index (κ3) is 3.40. The van der Waals surface area contributed by atoms with Crippen LogP contribution >= 0.6 is 0 Å². The molecule has 2 aromatic carbocycles. The quantitative estimate of drug-likeness (QED) is 0.821. The monoisotopic (exact) mass is 327 g/mol. The Kier molecular flexibility index (Phi) is 5.07. The van der Waals surface area contributed by atoms with Crippen LogP contribution in [0.3, 0.4) is 0 Å². The highest BCUT2D eigenvalue weighted by molar-refractivity contribution is 5.43. The lowest BCUT2D eigenvalue weighted by atomic mass is 9.96. The molecule has 0 fully saturated rings. The summed E-state index contributed by atoms with van der Waals surface area (Å²) in [4.78, 5) is 0. The first-order valence-electron chi connectivity index (χ1n) is 8.47. The van der Waals surface area contributed by atoms with Gasteiger partial charge >= 0.3 is 0 Å². The van der Waals surface area contributed by atoms with Crippen LogP contribution in [0.4, 0.5) is 0 Å². The second-order valence-electron chi connectivity index (χ2n) is 6.21. The zero-order chi connectivity index (χ0) is 17.0. The Morgan fingerprint density at radius 2 is 2.00 bits per heavy atom. The van der Waals surface area contributed by atoms with Gasteiger partial charge in [0, 0.05) is 13.1 Å². The Bertz CT molecular complexity index is 701. The Morgan fingerprint density at radius 1 is 1.17 bits per heavy atom. The number of rotatable bonds is 7. The van der Waals surface area contributed by atoms with Gasteiger partial charge in [-0.3, -0.25) is 0 Å². The molecule has 1 aliphatic carbocycles. The number of aliphatic hydroxyl groups is 1. The highest BCUT2D eigenvalue weighted by atomic mass is 16.5. The van der Waals surface area contributed by atoms with E-state index in [1.807, 2.05) is 43.3 Å². The number of nitrogens with one attached hydrogen (secondary N) is 1. The van der Waals surface area contributed by atoms with Crippen molar-refractivity contribution in [2.24, 2.45) is 0 Å². The highest BCUT2D eigenvalue weighted by Crippen LogP contribution is 2.36. The molecule has 24 heavy (non-hydrogen) atoms. The normalized spacial score (nSPS) is 19.1. The average Bonchev–Trinajstić information content (AvgIpc) is 2.93. The van der Waals surface area contributed by atoms with Gasteiger partial charge in [0.2, 0.25) is 0 Å². The Hall–Kier alpha value is -2.04. The topological polar surface area (TPSA) is 50.7 Å². The van der Waals surface area contributed by atoms with Gasteiger partial charge in [-0.2, -0.15) is 0 Å². The van der Waals surface area contributed by atoms with Crippen molar-refractivity contribution in [3.8, 4) is 11.5 Å². The molecule has 4 nitrogen and oxygen atoms in total. The predicted molar refractivity (Wildman–Crippen MR) is 94.5 cm³/mol. The van der Waals surface area contributed by atoms with Crippen LogP contribution in [0.25, 0.3) is 0 Å². The molecule has 0 radical (unpaired) electrons. The third-order valence-electron chi connectivity index (χ3n) is 4.60. The summed E-state index contributed by atoms with van der Waals surface area (Å²) < 4.78 is 10.9. The lowest BCUT2D eigenvalue weighted by Crippen LogP contribution is -2.35. The SMILES string of the molecule is CCOc1cc(CNCC2(O)CCc3ccccc32)ccc1OC. The number of fused-ring (bicyclic) bond motifs is 1. The van der Waals surface area contributed by atoms with Crippen LogP contribution in [0, 0.1) is 0 Å². The van der Waals surface area contributed by atoms with Crippen LogP contribution < -0.4 is 14.8 Å². The van der Waals surface area contributed by atoms with Gasteiger partial charge in [0.15, 0.2) is 11.5 Å². The lowest BCUT2D eigenvalue weighted by Gasteiger charge is -2.24. The molecule has 0 heterocycles. The molecule has 1 unspecified atom stereocenters. The number of hydrogen-bond donors (Lipinski definition) is 2. The summed E-state index contributed by atoms with van der Waals surface area (Å²) in [7, 11) is 1.64. The molecule has 128 valence electrons. The fourth-order valence-electron chi connectivity index (χ4n) is 3.37. The van der Waals surface area contributed by atoms with Crippen molar-refractivity contribution in [1.82, 2.24) is 5.32 Å². The molecular formula is C20H25NO3. The zero-order valence-electron chi connectivity index (χ0n) is 14.3. The number of ether oxygens (including phenoxy) is 2. The van der Waals surface area contributed by atoms with Gasteiger partial charge in [-0.15, -0.1) is 0 Å².